The highest BCUT2D eigenvalue weighted by atomic mass is 16.5. The normalized spacial score (nSPS) is 19.4. The van der Waals surface area contributed by atoms with Gasteiger partial charge in [0.15, 0.2) is 0 Å². The first-order valence-electron chi connectivity index (χ1n) is 5.11. The summed E-state index contributed by atoms with van der Waals surface area (Å²) in [6.07, 6.45) is 2.40. The van der Waals surface area contributed by atoms with Crippen LogP contribution < -0.4 is 16.6 Å². The van der Waals surface area contributed by atoms with Gasteiger partial charge in [-0.2, -0.15) is 0 Å². The molecule has 6 heteroatoms. The number of aromatic nitrogens is 1. The van der Waals surface area contributed by atoms with Crippen LogP contribution in [0.2, 0.25) is 0 Å². The van der Waals surface area contributed by atoms with E-state index in [2.05, 4.69) is 15.7 Å². The molecule has 16 heavy (non-hydrogen) atoms. The molecule has 86 valence electrons. The third kappa shape index (κ3) is 2.47. The van der Waals surface area contributed by atoms with E-state index in [0.29, 0.717) is 24.6 Å². The lowest BCUT2D eigenvalue weighted by Gasteiger charge is -2.10. The summed E-state index contributed by atoms with van der Waals surface area (Å²) in [5, 5.41) is 2.89. The summed E-state index contributed by atoms with van der Waals surface area (Å²) in [4.78, 5) is 15.7. The maximum atomic E-state index is 11.8. The molecule has 1 aliphatic rings. The predicted octanol–water partition coefficient (Wildman–Crippen LogP) is -0.114. The SMILES string of the molecule is NNc1cc(C(=O)NC2CCOC2)ccn1. The summed E-state index contributed by atoms with van der Waals surface area (Å²) in [5.74, 6) is 5.56. The van der Waals surface area contributed by atoms with E-state index in [0.717, 1.165) is 6.42 Å². The fourth-order valence-electron chi connectivity index (χ4n) is 1.57. The highest BCUT2D eigenvalue weighted by Gasteiger charge is 2.18. The van der Waals surface area contributed by atoms with Gasteiger partial charge >= 0.3 is 0 Å². The van der Waals surface area contributed by atoms with Crippen LogP contribution in [0, 0.1) is 0 Å². The fourth-order valence-corrected chi connectivity index (χ4v) is 1.57. The van der Waals surface area contributed by atoms with E-state index in [1.54, 1.807) is 12.1 Å². The molecule has 2 rings (SSSR count). The van der Waals surface area contributed by atoms with Crippen LogP contribution in [0.4, 0.5) is 5.82 Å². The number of nitrogens with one attached hydrogen (secondary N) is 2. The van der Waals surface area contributed by atoms with Gasteiger partial charge in [-0.05, 0) is 18.6 Å². The average molecular weight is 222 g/mol. The van der Waals surface area contributed by atoms with Crippen LogP contribution in [0.5, 0.6) is 0 Å². The molecule has 1 aromatic heterocycles. The number of hydrogen-bond donors (Lipinski definition) is 3. The number of hydrazine groups is 1. The van der Waals surface area contributed by atoms with Crippen LogP contribution in [-0.4, -0.2) is 30.1 Å². The van der Waals surface area contributed by atoms with Crippen molar-refractivity contribution >= 4 is 11.7 Å². The largest absolute Gasteiger partial charge is 0.379 e. The van der Waals surface area contributed by atoms with Crippen molar-refractivity contribution in [3.63, 3.8) is 0 Å². The number of pyridine rings is 1. The second-order valence-electron chi connectivity index (χ2n) is 3.61. The third-order valence-corrected chi connectivity index (χ3v) is 2.43. The van der Waals surface area contributed by atoms with E-state index < -0.39 is 0 Å². The van der Waals surface area contributed by atoms with Crippen LogP contribution in [0.15, 0.2) is 18.3 Å². The molecule has 1 aromatic rings. The van der Waals surface area contributed by atoms with Crippen molar-refractivity contribution in [2.45, 2.75) is 12.5 Å². The highest BCUT2D eigenvalue weighted by Crippen LogP contribution is 2.08. The van der Waals surface area contributed by atoms with Gasteiger partial charge in [-0.3, -0.25) is 4.79 Å². The van der Waals surface area contributed by atoms with E-state index >= 15 is 0 Å². The van der Waals surface area contributed by atoms with Gasteiger partial charge in [0.2, 0.25) is 0 Å². The smallest absolute Gasteiger partial charge is 0.251 e. The minimum Gasteiger partial charge on any atom is -0.379 e. The molecule has 0 spiro atoms. The molecule has 0 bridgehead atoms. The molecular weight excluding hydrogens is 208 g/mol. The van der Waals surface area contributed by atoms with E-state index in [9.17, 15) is 4.79 Å². The molecule has 2 heterocycles. The standard InChI is InChI=1S/C10H14N4O2/c11-14-9-5-7(1-3-12-9)10(15)13-8-2-4-16-6-8/h1,3,5,8H,2,4,6,11H2,(H,12,14)(H,13,15). The lowest BCUT2D eigenvalue weighted by atomic mass is 10.2. The van der Waals surface area contributed by atoms with Gasteiger partial charge in [-0.25, -0.2) is 10.8 Å². The minimum atomic E-state index is -0.130. The van der Waals surface area contributed by atoms with Crippen molar-refractivity contribution in [1.82, 2.24) is 10.3 Å². The van der Waals surface area contributed by atoms with Gasteiger partial charge in [0.05, 0.1) is 12.6 Å². The summed E-state index contributed by atoms with van der Waals surface area (Å²) in [6.45, 7) is 1.29. The summed E-state index contributed by atoms with van der Waals surface area (Å²) in [7, 11) is 0. The molecule has 1 saturated heterocycles. The van der Waals surface area contributed by atoms with Crippen molar-refractivity contribution in [2.24, 2.45) is 5.84 Å². The highest BCUT2D eigenvalue weighted by molar-refractivity contribution is 5.94. The third-order valence-electron chi connectivity index (χ3n) is 2.43. The lowest BCUT2D eigenvalue weighted by Crippen LogP contribution is -2.35. The van der Waals surface area contributed by atoms with Gasteiger partial charge < -0.3 is 15.5 Å². The van der Waals surface area contributed by atoms with Crippen molar-refractivity contribution in [3.05, 3.63) is 23.9 Å². The Morgan fingerprint density at radius 2 is 2.50 bits per heavy atom. The second-order valence-corrected chi connectivity index (χ2v) is 3.61. The number of nitrogen functional groups attached to an aromatic ring is 1. The molecule has 0 aromatic carbocycles. The predicted molar refractivity (Wildman–Crippen MR) is 58.7 cm³/mol. The van der Waals surface area contributed by atoms with Gasteiger partial charge in [-0.1, -0.05) is 0 Å². The summed E-state index contributed by atoms with van der Waals surface area (Å²) >= 11 is 0. The molecule has 1 atom stereocenters. The fraction of sp³-hybridized carbons (Fsp3) is 0.400. The van der Waals surface area contributed by atoms with E-state index in [1.807, 2.05) is 0 Å². The minimum absolute atomic E-state index is 0.106. The molecule has 4 N–H and O–H groups in total. The van der Waals surface area contributed by atoms with Crippen LogP contribution in [-0.2, 0) is 4.74 Å². The zero-order valence-electron chi connectivity index (χ0n) is 8.77. The van der Waals surface area contributed by atoms with Crippen molar-refractivity contribution in [2.75, 3.05) is 18.6 Å². The van der Waals surface area contributed by atoms with Crippen molar-refractivity contribution in [3.8, 4) is 0 Å². The Morgan fingerprint density at radius 1 is 1.62 bits per heavy atom. The Labute approximate surface area is 93.2 Å². The number of hydrogen-bond acceptors (Lipinski definition) is 5. The van der Waals surface area contributed by atoms with Crippen LogP contribution in [0.1, 0.15) is 16.8 Å². The molecule has 1 unspecified atom stereocenters. The summed E-state index contributed by atoms with van der Waals surface area (Å²) < 4.78 is 5.18. The van der Waals surface area contributed by atoms with Gasteiger partial charge in [-0.15, -0.1) is 0 Å². The number of carbonyl (C=O) groups excluding carboxylic acids is 1. The first-order chi connectivity index (χ1) is 7.79. The van der Waals surface area contributed by atoms with E-state index in [-0.39, 0.29) is 11.9 Å². The number of anilines is 1. The second kappa shape index (κ2) is 4.91. The number of nitrogens with two attached hydrogens (primary N) is 1. The monoisotopic (exact) mass is 222 g/mol. The van der Waals surface area contributed by atoms with E-state index in [4.69, 9.17) is 10.6 Å². The Bertz CT molecular complexity index is 377. The topological polar surface area (TPSA) is 89.3 Å². The molecule has 1 aliphatic heterocycles. The first-order valence-corrected chi connectivity index (χ1v) is 5.11. The van der Waals surface area contributed by atoms with Gasteiger partial charge in [0.25, 0.3) is 5.91 Å². The molecule has 0 radical (unpaired) electrons. The van der Waals surface area contributed by atoms with Crippen LogP contribution in [0.25, 0.3) is 0 Å². The molecule has 1 amide bonds. The molecule has 0 saturated carbocycles. The number of amides is 1. The zero-order chi connectivity index (χ0) is 11.4. The molecule has 6 nitrogen and oxygen atoms in total. The Hall–Kier alpha value is -1.66. The maximum Gasteiger partial charge on any atom is 0.251 e. The maximum absolute atomic E-state index is 11.8. The quantitative estimate of drug-likeness (QED) is 0.490. The summed E-state index contributed by atoms with van der Waals surface area (Å²) in [5.41, 5.74) is 2.94. The Morgan fingerprint density at radius 3 is 3.19 bits per heavy atom. The molecule has 1 fully saturated rings. The lowest BCUT2D eigenvalue weighted by molar-refractivity contribution is 0.0930. The Kier molecular flexibility index (Phi) is 3.33. The number of rotatable bonds is 3. The van der Waals surface area contributed by atoms with Crippen molar-refractivity contribution in [1.29, 1.82) is 0 Å². The van der Waals surface area contributed by atoms with Crippen LogP contribution >= 0.6 is 0 Å². The average Bonchev–Trinajstić information content (AvgIpc) is 2.82. The first kappa shape index (κ1) is 10.8. The number of nitrogens with zero attached hydrogens (tertiary/aromatic N) is 1. The Balaban J connectivity index is 2.01. The van der Waals surface area contributed by atoms with Crippen LogP contribution in [0.3, 0.4) is 0 Å². The molecular formula is C10H14N4O2. The van der Waals surface area contributed by atoms with Crippen molar-refractivity contribution < 1.29 is 9.53 Å². The molecule has 0 aliphatic carbocycles. The number of carbonyl (C=O) groups is 1. The van der Waals surface area contributed by atoms with Gasteiger partial charge in [0.1, 0.15) is 5.82 Å². The zero-order valence-corrected chi connectivity index (χ0v) is 8.77. The number of ether oxygens (including phenoxy) is 1. The van der Waals surface area contributed by atoms with Gasteiger partial charge in [0, 0.05) is 18.4 Å². The van der Waals surface area contributed by atoms with E-state index in [1.165, 1.54) is 6.20 Å². The summed E-state index contributed by atoms with van der Waals surface area (Å²) in [6, 6.07) is 3.35.